The van der Waals surface area contributed by atoms with Gasteiger partial charge in [-0.3, -0.25) is 0 Å². The van der Waals surface area contributed by atoms with Crippen LogP contribution in [-0.4, -0.2) is 96.1 Å². The van der Waals surface area contributed by atoms with Gasteiger partial charge in [-0.25, -0.2) is 0 Å². The quantitative estimate of drug-likeness (QED) is 0.234. The van der Waals surface area contributed by atoms with Gasteiger partial charge in [-0.2, -0.15) is 12.6 Å². The molecule has 2 heterocycles. The summed E-state index contributed by atoms with van der Waals surface area (Å²) >= 11 is 4.04. The van der Waals surface area contributed by atoms with Gasteiger partial charge in [0, 0.05) is 5.75 Å². The van der Waals surface area contributed by atoms with Crippen LogP contribution in [0.5, 0.6) is 0 Å². The molecule has 0 aromatic heterocycles. The molecule has 9 atom stereocenters. The third-order valence-corrected chi connectivity index (χ3v) is 5.57. The zero-order valence-electron chi connectivity index (χ0n) is 13.3. The van der Waals surface area contributed by atoms with Crippen molar-refractivity contribution in [1.82, 2.24) is 0 Å². The van der Waals surface area contributed by atoms with Crippen molar-refractivity contribution in [3.05, 3.63) is 11.7 Å². The van der Waals surface area contributed by atoms with Crippen molar-refractivity contribution < 1.29 is 50.0 Å². The molecule has 3 rings (SSSR count). The monoisotopic (exact) mass is 382 g/mol. The maximum absolute atomic E-state index is 10.3. The van der Waals surface area contributed by atoms with Crippen LogP contribution in [0.4, 0.5) is 0 Å². The highest BCUT2D eigenvalue weighted by Gasteiger charge is 2.74. The zero-order valence-corrected chi connectivity index (χ0v) is 14.2. The van der Waals surface area contributed by atoms with Crippen molar-refractivity contribution in [2.45, 2.75) is 54.9 Å². The van der Waals surface area contributed by atoms with E-state index in [0.717, 1.165) is 0 Å². The minimum Gasteiger partial charge on any atom is -0.505 e. The Morgan fingerprint density at radius 1 is 1.16 bits per heavy atom. The largest absolute Gasteiger partial charge is 0.505 e. The summed E-state index contributed by atoms with van der Waals surface area (Å²) in [4.78, 5) is 0. The molecule has 3 aliphatic rings. The number of rotatable bonds is 4. The van der Waals surface area contributed by atoms with Crippen LogP contribution in [-0.2, 0) is 14.2 Å². The number of thiol groups is 1. The third kappa shape index (κ3) is 2.53. The molecular weight excluding hydrogens is 360 g/mol. The minimum atomic E-state index is -1.80. The van der Waals surface area contributed by atoms with Crippen molar-refractivity contribution in [1.29, 1.82) is 0 Å². The van der Waals surface area contributed by atoms with Crippen LogP contribution in [0.3, 0.4) is 0 Å². The summed E-state index contributed by atoms with van der Waals surface area (Å²) in [5.74, 6) is -2.09. The Balaban J connectivity index is 1.91. The molecule has 2 fully saturated rings. The lowest BCUT2D eigenvalue weighted by atomic mass is 9.85. The first-order valence-electron chi connectivity index (χ1n) is 7.73. The summed E-state index contributed by atoms with van der Waals surface area (Å²) in [7, 11) is 0. The maximum atomic E-state index is 10.3. The molecule has 0 bridgehead atoms. The van der Waals surface area contributed by atoms with Gasteiger partial charge in [0.1, 0.15) is 36.1 Å². The molecular formula is C14H22O10S. The standard InChI is InChI=1S/C14H22O10S/c1-13(4(2-15)22-11(20)8(17)10(13)19)24-12-7(16)6-9(18)14(6,21)5(3-25)23-12/h4-6,8-11,15-21,25H,2-3H2,1H3/t4?,5?,6-,8?,9?,10?,11+,13+,14?/m0/s1. The molecule has 0 radical (unpaired) electrons. The van der Waals surface area contributed by atoms with Crippen LogP contribution >= 0.6 is 12.6 Å². The summed E-state index contributed by atoms with van der Waals surface area (Å²) in [5.41, 5.74) is -3.49. The van der Waals surface area contributed by atoms with Gasteiger partial charge in [-0.15, -0.1) is 0 Å². The molecule has 0 aromatic carbocycles. The number of fused-ring (bicyclic) bond motifs is 1. The van der Waals surface area contributed by atoms with E-state index in [9.17, 15) is 35.7 Å². The van der Waals surface area contributed by atoms with Crippen molar-refractivity contribution >= 4 is 12.6 Å². The van der Waals surface area contributed by atoms with E-state index in [1.165, 1.54) is 6.92 Å². The van der Waals surface area contributed by atoms with Gasteiger partial charge in [0.15, 0.2) is 17.7 Å². The summed E-state index contributed by atoms with van der Waals surface area (Å²) in [6.07, 6.45) is -8.69. The average molecular weight is 382 g/mol. The molecule has 0 aromatic rings. The van der Waals surface area contributed by atoms with Crippen LogP contribution in [0.25, 0.3) is 0 Å². The predicted molar refractivity (Wildman–Crippen MR) is 82.3 cm³/mol. The SMILES string of the molecule is C[C@@]1(OC2=C(O)[C@H]3C(O)C3(O)C(CS)O2)C(CO)O[C@@H](O)C(O)C1O. The number of aliphatic hydroxyl groups is 7. The molecule has 1 saturated heterocycles. The molecule has 25 heavy (non-hydrogen) atoms. The molecule has 144 valence electrons. The molecule has 1 saturated carbocycles. The second-order valence-corrected chi connectivity index (χ2v) is 7.06. The van der Waals surface area contributed by atoms with Crippen LogP contribution in [0.2, 0.25) is 0 Å². The lowest BCUT2D eigenvalue weighted by molar-refractivity contribution is -0.328. The summed E-state index contributed by atoms with van der Waals surface area (Å²) in [6, 6.07) is 0. The fourth-order valence-corrected chi connectivity index (χ4v) is 3.79. The normalized spacial score (nSPS) is 52.4. The van der Waals surface area contributed by atoms with Gasteiger partial charge in [0.25, 0.3) is 0 Å². The third-order valence-electron chi connectivity index (χ3n) is 5.24. The number of hydrogen-bond acceptors (Lipinski definition) is 11. The average Bonchev–Trinajstić information content (AvgIpc) is 3.15. The Morgan fingerprint density at radius 2 is 1.80 bits per heavy atom. The molecule has 7 N–H and O–H groups in total. The molecule has 1 aliphatic carbocycles. The number of hydrogen-bond donors (Lipinski definition) is 8. The van der Waals surface area contributed by atoms with Crippen molar-refractivity contribution in [3.63, 3.8) is 0 Å². The van der Waals surface area contributed by atoms with Gasteiger partial charge in [-0.1, -0.05) is 0 Å². The number of aliphatic hydroxyl groups excluding tert-OH is 6. The van der Waals surface area contributed by atoms with E-state index in [1.54, 1.807) is 0 Å². The van der Waals surface area contributed by atoms with Gasteiger partial charge in [0.2, 0.25) is 0 Å². The highest BCUT2D eigenvalue weighted by Crippen LogP contribution is 2.56. The van der Waals surface area contributed by atoms with Gasteiger partial charge in [0.05, 0.1) is 12.5 Å². The van der Waals surface area contributed by atoms with E-state index in [0.29, 0.717) is 0 Å². The minimum absolute atomic E-state index is 0.00470. The first-order chi connectivity index (χ1) is 11.6. The second-order valence-electron chi connectivity index (χ2n) is 6.69. The van der Waals surface area contributed by atoms with Crippen molar-refractivity contribution in [2.75, 3.05) is 12.4 Å². The fraction of sp³-hybridized carbons (Fsp3) is 0.857. The van der Waals surface area contributed by atoms with Crippen LogP contribution < -0.4 is 0 Å². The van der Waals surface area contributed by atoms with Gasteiger partial charge in [-0.05, 0) is 6.92 Å². The van der Waals surface area contributed by atoms with E-state index in [-0.39, 0.29) is 5.75 Å². The molecule has 0 spiro atoms. The highest BCUT2D eigenvalue weighted by atomic mass is 32.1. The highest BCUT2D eigenvalue weighted by molar-refractivity contribution is 7.80. The second kappa shape index (κ2) is 6.13. The Hall–Kier alpha value is -0.790. The van der Waals surface area contributed by atoms with Gasteiger partial charge < -0.3 is 50.0 Å². The fourth-order valence-electron chi connectivity index (χ4n) is 3.43. The summed E-state index contributed by atoms with van der Waals surface area (Å²) in [6.45, 7) is 0.620. The first kappa shape index (κ1) is 19.0. The molecule has 11 heteroatoms. The Morgan fingerprint density at radius 3 is 2.36 bits per heavy atom. The Bertz CT molecular complexity index is 568. The van der Waals surface area contributed by atoms with E-state index in [4.69, 9.17) is 14.2 Å². The van der Waals surface area contributed by atoms with E-state index >= 15 is 0 Å². The van der Waals surface area contributed by atoms with Crippen LogP contribution in [0, 0.1) is 5.92 Å². The molecule has 10 nitrogen and oxygen atoms in total. The summed E-state index contributed by atoms with van der Waals surface area (Å²) in [5, 5.41) is 69.6. The zero-order chi connectivity index (χ0) is 18.7. The smallest absolute Gasteiger partial charge is 0.320 e. The number of ether oxygens (including phenoxy) is 3. The molecule has 0 amide bonds. The maximum Gasteiger partial charge on any atom is 0.320 e. The van der Waals surface area contributed by atoms with Crippen LogP contribution in [0.1, 0.15) is 6.92 Å². The molecule has 6 unspecified atom stereocenters. The summed E-state index contributed by atoms with van der Waals surface area (Å²) < 4.78 is 15.9. The topological polar surface area (TPSA) is 169 Å². The van der Waals surface area contributed by atoms with E-state index in [2.05, 4.69) is 12.6 Å². The van der Waals surface area contributed by atoms with Crippen LogP contribution in [0.15, 0.2) is 11.7 Å². The first-order valence-corrected chi connectivity index (χ1v) is 8.36. The van der Waals surface area contributed by atoms with E-state index < -0.39 is 72.2 Å². The lowest BCUT2D eigenvalue weighted by Crippen LogP contribution is -2.66. The Kier molecular flexibility index (Phi) is 4.66. The van der Waals surface area contributed by atoms with Gasteiger partial charge >= 0.3 is 5.95 Å². The van der Waals surface area contributed by atoms with Crippen molar-refractivity contribution in [2.24, 2.45) is 5.92 Å². The lowest BCUT2D eigenvalue weighted by Gasteiger charge is -2.48. The van der Waals surface area contributed by atoms with Crippen molar-refractivity contribution in [3.8, 4) is 0 Å². The molecule has 2 aliphatic heterocycles. The van der Waals surface area contributed by atoms with E-state index in [1.807, 2.05) is 0 Å². The predicted octanol–water partition coefficient (Wildman–Crippen LogP) is -3.03. The Labute approximate surface area is 148 Å².